The topological polar surface area (TPSA) is 94.8 Å². The van der Waals surface area contributed by atoms with E-state index >= 15 is 0 Å². The molecule has 0 aliphatic carbocycles. The molecule has 0 fully saturated rings. The van der Waals surface area contributed by atoms with Gasteiger partial charge in [0.1, 0.15) is 15.6 Å². The van der Waals surface area contributed by atoms with Gasteiger partial charge in [0.15, 0.2) is 5.76 Å². The summed E-state index contributed by atoms with van der Waals surface area (Å²) in [5, 5.41) is 2.84. The van der Waals surface area contributed by atoms with Crippen molar-refractivity contribution >= 4 is 34.2 Å². The van der Waals surface area contributed by atoms with Gasteiger partial charge in [0.25, 0.3) is 5.91 Å². The predicted octanol–water partition coefficient (Wildman–Crippen LogP) is 3.56. The summed E-state index contributed by atoms with van der Waals surface area (Å²) in [7, 11) is 0. The molecule has 1 N–H and O–H groups in total. The third-order valence-corrected chi connectivity index (χ3v) is 4.47. The highest BCUT2D eigenvalue weighted by molar-refractivity contribution is 7.18. The minimum Gasteiger partial charge on any atom is -0.462 e. The number of hydrogen-bond donors (Lipinski definition) is 1. The molecule has 0 saturated heterocycles. The van der Waals surface area contributed by atoms with Gasteiger partial charge in [0.05, 0.1) is 18.8 Å². The zero-order valence-electron chi connectivity index (χ0n) is 14.4. The SMILES string of the molecule is CCOC(=O)c1sc(NC(=O)c2ccc(C)o2)c(C(=O)OCC)c1C. The lowest BCUT2D eigenvalue weighted by atomic mass is 10.1. The first-order valence-corrected chi connectivity index (χ1v) is 8.56. The van der Waals surface area contributed by atoms with Crippen LogP contribution in [0.25, 0.3) is 0 Å². The Morgan fingerprint density at radius 3 is 2.28 bits per heavy atom. The van der Waals surface area contributed by atoms with Crippen molar-refractivity contribution in [1.29, 1.82) is 0 Å². The van der Waals surface area contributed by atoms with Crippen LogP contribution in [0.1, 0.15) is 55.8 Å². The molecule has 0 unspecified atom stereocenters. The molecule has 134 valence electrons. The van der Waals surface area contributed by atoms with Gasteiger partial charge in [-0.3, -0.25) is 4.79 Å². The third-order valence-electron chi connectivity index (χ3n) is 3.28. The maximum atomic E-state index is 12.3. The minimum atomic E-state index is -0.613. The Morgan fingerprint density at radius 2 is 1.72 bits per heavy atom. The molecule has 2 aromatic heterocycles. The number of carbonyl (C=O) groups is 3. The zero-order valence-corrected chi connectivity index (χ0v) is 15.2. The average molecular weight is 365 g/mol. The summed E-state index contributed by atoms with van der Waals surface area (Å²) in [6.45, 7) is 7.08. The predicted molar refractivity (Wildman–Crippen MR) is 92.4 cm³/mol. The molecule has 1 amide bonds. The van der Waals surface area contributed by atoms with Crippen LogP contribution in [0, 0.1) is 13.8 Å². The zero-order chi connectivity index (χ0) is 18.6. The van der Waals surface area contributed by atoms with E-state index in [4.69, 9.17) is 13.9 Å². The number of esters is 2. The van der Waals surface area contributed by atoms with Crippen molar-refractivity contribution < 1.29 is 28.3 Å². The Bertz CT molecular complexity index is 804. The van der Waals surface area contributed by atoms with E-state index in [2.05, 4.69) is 5.32 Å². The summed E-state index contributed by atoms with van der Waals surface area (Å²) < 4.78 is 15.3. The number of nitrogens with one attached hydrogen (secondary N) is 1. The molecule has 0 atom stereocenters. The lowest BCUT2D eigenvalue weighted by Crippen LogP contribution is -2.14. The second-order valence-electron chi connectivity index (χ2n) is 5.07. The maximum absolute atomic E-state index is 12.3. The molecule has 25 heavy (non-hydrogen) atoms. The standard InChI is InChI=1S/C17H19NO6S/c1-5-22-16(20)12-10(4)13(17(21)23-6-2)25-15(12)18-14(19)11-8-7-9(3)24-11/h7-8H,5-6H2,1-4H3,(H,18,19). The largest absolute Gasteiger partial charge is 0.462 e. The van der Waals surface area contributed by atoms with Crippen molar-refractivity contribution in [1.82, 2.24) is 0 Å². The van der Waals surface area contributed by atoms with E-state index < -0.39 is 17.8 Å². The van der Waals surface area contributed by atoms with Gasteiger partial charge in [-0.2, -0.15) is 0 Å². The van der Waals surface area contributed by atoms with Gasteiger partial charge in [-0.15, -0.1) is 11.3 Å². The van der Waals surface area contributed by atoms with Crippen LogP contribution in [0.3, 0.4) is 0 Å². The summed E-state index contributed by atoms with van der Waals surface area (Å²) in [5.74, 6) is -0.987. The Balaban J connectivity index is 2.40. The van der Waals surface area contributed by atoms with E-state index in [0.29, 0.717) is 11.3 Å². The summed E-state index contributed by atoms with van der Waals surface area (Å²) in [6, 6.07) is 3.19. The Morgan fingerprint density at radius 1 is 1.08 bits per heavy atom. The van der Waals surface area contributed by atoms with Gasteiger partial charge in [-0.05, 0) is 45.4 Å². The van der Waals surface area contributed by atoms with Gasteiger partial charge >= 0.3 is 11.9 Å². The fourth-order valence-corrected chi connectivity index (χ4v) is 3.25. The Labute approximate surface area is 148 Å². The van der Waals surface area contributed by atoms with Crippen molar-refractivity contribution in [3.8, 4) is 0 Å². The van der Waals surface area contributed by atoms with Gasteiger partial charge in [0.2, 0.25) is 0 Å². The molecule has 0 aliphatic heterocycles. The number of rotatable bonds is 6. The fraction of sp³-hybridized carbons (Fsp3) is 0.353. The number of thiophene rings is 1. The molecule has 2 heterocycles. The van der Waals surface area contributed by atoms with E-state index in [0.717, 1.165) is 11.3 Å². The number of ether oxygens (including phenoxy) is 2. The summed E-state index contributed by atoms with van der Waals surface area (Å²) in [5.41, 5.74) is 0.555. The van der Waals surface area contributed by atoms with E-state index in [1.807, 2.05) is 0 Å². The van der Waals surface area contributed by atoms with Crippen LogP contribution in [-0.2, 0) is 9.47 Å². The van der Waals surface area contributed by atoms with Crippen molar-refractivity contribution in [2.75, 3.05) is 18.5 Å². The van der Waals surface area contributed by atoms with Crippen LogP contribution in [0.5, 0.6) is 0 Å². The molecule has 0 bridgehead atoms. The summed E-state index contributed by atoms with van der Waals surface area (Å²) in [6.07, 6.45) is 0. The third kappa shape index (κ3) is 4.08. The molecule has 0 aliphatic rings. The smallest absolute Gasteiger partial charge is 0.348 e. The number of furan rings is 1. The highest BCUT2D eigenvalue weighted by Crippen LogP contribution is 2.34. The van der Waals surface area contributed by atoms with E-state index in [-0.39, 0.29) is 34.4 Å². The monoisotopic (exact) mass is 365 g/mol. The van der Waals surface area contributed by atoms with Gasteiger partial charge in [0, 0.05) is 0 Å². The normalized spacial score (nSPS) is 10.4. The molecule has 7 nitrogen and oxygen atoms in total. The first-order valence-electron chi connectivity index (χ1n) is 7.74. The van der Waals surface area contributed by atoms with E-state index in [1.165, 1.54) is 6.07 Å². The summed E-state index contributed by atoms with van der Waals surface area (Å²) >= 11 is 0.969. The van der Waals surface area contributed by atoms with Crippen LogP contribution in [-0.4, -0.2) is 31.1 Å². The number of amides is 1. The van der Waals surface area contributed by atoms with Crippen LogP contribution in [0.15, 0.2) is 16.5 Å². The molecule has 0 spiro atoms. The molecular weight excluding hydrogens is 346 g/mol. The molecular formula is C17H19NO6S. The van der Waals surface area contributed by atoms with Crippen LogP contribution in [0.2, 0.25) is 0 Å². The lowest BCUT2D eigenvalue weighted by Gasteiger charge is -2.06. The molecule has 2 aromatic rings. The molecule has 8 heteroatoms. The van der Waals surface area contributed by atoms with Crippen molar-refractivity contribution in [3.63, 3.8) is 0 Å². The van der Waals surface area contributed by atoms with Gasteiger partial charge < -0.3 is 19.2 Å². The second kappa shape index (κ2) is 7.98. The first kappa shape index (κ1) is 18.7. The maximum Gasteiger partial charge on any atom is 0.348 e. The van der Waals surface area contributed by atoms with Crippen LogP contribution in [0.4, 0.5) is 5.00 Å². The highest BCUT2D eigenvalue weighted by Gasteiger charge is 2.27. The molecule has 0 aromatic carbocycles. The van der Waals surface area contributed by atoms with Gasteiger partial charge in [-0.25, -0.2) is 9.59 Å². The van der Waals surface area contributed by atoms with Crippen molar-refractivity contribution in [2.24, 2.45) is 0 Å². The second-order valence-corrected chi connectivity index (χ2v) is 6.09. The van der Waals surface area contributed by atoms with Gasteiger partial charge in [-0.1, -0.05) is 0 Å². The van der Waals surface area contributed by atoms with E-state index in [9.17, 15) is 14.4 Å². The average Bonchev–Trinajstić information content (AvgIpc) is 3.12. The summed E-state index contributed by atoms with van der Waals surface area (Å²) in [4.78, 5) is 36.9. The minimum absolute atomic E-state index is 0.107. The van der Waals surface area contributed by atoms with E-state index in [1.54, 1.807) is 33.8 Å². The highest BCUT2D eigenvalue weighted by atomic mass is 32.1. The molecule has 0 saturated carbocycles. The van der Waals surface area contributed by atoms with Crippen molar-refractivity contribution in [2.45, 2.75) is 27.7 Å². The van der Waals surface area contributed by atoms with Crippen molar-refractivity contribution in [3.05, 3.63) is 39.7 Å². The Kier molecular flexibility index (Phi) is 5.97. The quantitative estimate of drug-likeness (QED) is 0.787. The molecule has 0 radical (unpaired) electrons. The van der Waals surface area contributed by atoms with Crippen LogP contribution >= 0.6 is 11.3 Å². The molecule has 2 rings (SSSR count). The lowest BCUT2D eigenvalue weighted by molar-refractivity contribution is 0.0527. The number of hydrogen-bond acceptors (Lipinski definition) is 7. The Hall–Kier alpha value is -2.61. The number of aryl methyl sites for hydroxylation is 1. The fourth-order valence-electron chi connectivity index (χ4n) is 2.16. The number of anilines is 1. The van der Waals surface area contributed by atoms with Crippen LogP contribution < -0.4 is 5.32 Å². The number of carbonyl (C=O) groups excluding carboxylic acids is 3. The first-order chi connectivity index (χ1) is 11.9.